The highest BCUT2D eigenvalue weighted by Gasteiger charge is 2.43. The van der Waals surface area contributed by atoms with E-state index in [9.17, 15) is 4.79 Å². The first-order valence-corrected chi connectivity index (χ1v) is 6.62. The van der Waals surface area contributed by atoms with Crippen molar-refractivity contribution >= 4 is 11.5 Å². The summed E-state index contributed by atoms with van der Waals surface area (Å²) in [7, 11) is 4.24. The first kappa shape index (κ1) is 11.7. The lowest BCUT2D eigenvalue weighted by molar-refractivity contribution is -0.123. The lowest BCUT2D eigenvalue weighted by Gasteiger charge is -2.40. The maximum atomic E-state index is 11.7. The largest absolute Gasteiger partial charge is 0.369 e. The van der Waals surface area contributed by atoms with Crippen LogP contribution in [0.3, 0.4) is 0 Å². The molecule has 0 amide bonds. The molecule has 3 heteroatoms. The van der Waals surface area contributed by atoms with E-state index in [0.29, 0.717) is 17.7 Å². The summed E-state index contributed by atoms with van der Waals surface area (Å²) >= 11 is 0. The standard InChI is InChI=1S/C15H20N2O/c1-10(18)14-8-12-11-6-4-5-7-13(11)17(3)15(12)9-16(14)2/h4-7,12,14-15H,8-9H2,1-3H3. The molecule has 0 radical (unpaired) electrons. The minimum atomic E-state index is 0.0887. The fourth-order valence-corrected chi connectivity index (χ4v) is 3.63. The van der Waals surface area contributed by atoms with E-state index < -0.39 is 0 Å². The van der Waals surface area contributed by atoms with Crippen molar-refractivity contribution in [3.05, 3.63) is 29.8 Å². The Labute approximate surface area is 108 Å². The average Bonchev–Trinajstić information content (AvgIpc) is 2.62. The fourth-order valence-electron chi connectivity index (χ4n) is 3.63. The van der Waals surface area contributed by atoms with Gasteiger partial charge >= 0.3 is 0 Å². The highest BCUT2D eigenvalue weighted by atomic mass is 16.1. The maximum absolute atomic E-state index is 11.7. The number of Topliss-reactive ketones (excluding diaryl/α,β-unsaturated/α-hetero) is 1. The predicted molar refractivity (Wildman–Crippen MR) is 73.1 cm³/mol. The molecule has 3 nitrogen and oxygen atoms in total. The lowest BCUT2D eigenvalue weighted by atomic mass is 9.83. The van der Waals surface area contributed by atoms with Crippen LogP contribution in [0.1, 0.15) is 24.8 Å². The van der Waals surface area contributed by atoms with Crippen LogP contribution in [0.15, 0.2) is 24.3 Å². The van der Waals surface area contributed by atoms with Crippen LogP contribution in [-0.2, 0) is 4.79 Å². The van der Waals surface area contributed by atoms with E-state index in [-0.39, 0.29) is 6.04 Å². The summed E-state index contributed by atoms with van der Waals surface area (Å²) < 4.78 is 0. The summed E-state index contributed by atoms with van der Waals surface area (Å²) in [6, 6.07) is 9.22. The highest BCUT2D eigenvalue weighted by Crippen LogP contribution is 2.45. The van der Waals surface area contributed by atoms with E-state index in [4.69, 9.17) is 0 Å². The molecule has 0 bridgehead atoms. The third-order valence-corrected chi connectivity index (χ3v) is 4.63. The number of para-hydroxylation sites is 1. The Morgan fingerprint density at radius 1 is 1.28 bits per heavy atom. The number of hydrogen-bond acceptors (Lipinski definition) is 3. The molecule has 3 rings (SSSR count). The Bertz CT molecular complexity index is 485. The van der Waals surface area contributed by atoms with Crippen LogP contribution in [0.4, 0.5) is 5.69 Å². The third-order valence-electron chi connectivity index (χ3n) is 4.63. The summed E-state index contributed by atoms with van der Waals surface area (Å²) in [6.07, 6.45) is 0.956. The van der Waals surface area contributed by atoms with Crippen LogP contribution in [0.25, 0.3) is 0 Å². The smallest absolute Gasteiger partial charge is 0.146 e. The number of carbonyl (C=O) groups excluding carboxylic acids is 1. The molecule has 96 valence electrons. The second kappa shape index (κ2) is 4.09. The number of piperidine rings is 1. The number of benzene rings is 1. The first-order chi connectivity index (χ1) is 8.59. The van der Waals surface area contributed by atoms with Gasteiger partial charge in [0, 0.05) is 31.2 Å². The third kappa shape index (κ3) is 1.57. The number of fused-ring (bicyclic) bond motifs is 3. The number of ketones is 1. The van der Waals surface area contributed by atoms with Gasteiger partial charge < -0.3 is 4.90 Å². The number of rotatable bonds is 1. The topological polar surface area (TPSA) is 23.6 Å². The van der Waals surface area contributed by atoms with E-state index in [1.165, 1.54) is 11.3 Å². The SMILES string of the molecule is CC(=O)C1CC2c3ccccc3N(C)C2CN1C. The van der Waals surface area contributed by atoms with E-state index in [1.54, 1.807) is 6.92 Å². The van der Waals surface area contributed by atoms with Crippen LogP contribution in [0.5, 0.6) is 0 Å². The molecular weight excluding hydrogens is 224 g/mol. The van der Waals surface area contributed by atoms with E-state index in [2.05, 4.69) is 48.2 Å². The Kier molecular flexibility index (Phi) is 2.67. The summed E-state index contributed by atoms with van der Waals surface area (Å²) in [6.45, 7) is 2.69. The molecule has 1 saturated heterocycles. The molecule has 0 aromatic heterocycles. The number of carbonyl (C=O) groups is 1. The highest BCUT2D eigenvalue weighted by molar-refractivity contribution is 5.82. The van der Waals surface area contributed by atoms with Gasteiger partial charge in [-0.1, -0.05) is 18.2 Å². The average molecular weight is 244 g/mol. The maximum Gasteiger partial charge on any atom is 0.146 e. The van der Waals surface area contributed by atoms with Crippen molar-refractivity contribution in [3.63, 3.8) is 0 Å². The molecule has 2 aliphatic rings. The van der Waals surface area contributed by atoms with Gasteiger partial charge in [-0.05, 0) is 32.0 Å². The molecule has 3 atom stereocenters. The molecule has 0 N–H and O–H groups in total. The van der Waals surface area contributed by atoms with Crippen molar-refractivity contribution in [3.8, 4) is 0 Å². The number of hydrogen-bond donors (Lipinski definition) is 0. The zero-order valence-corrected chi connectivity index (χ0v) is 11.3. The quantitative estimate of drug-likeness (QED) is 0.753. The Balaban J connectivity index is 1.97. The summed E-state index contributed by atoms with van der Waals surface area (Å²) in [5, 5.41) is 0. The number of anilines is 1. The number of nitrogens with zero attached hydrogens (tertiary/aromatic N) is 2. The van der Waals surface area contributed by atoms with Crippen molar-refractivity contribution in [2.75, 3.05) is 25.5 Å². The number of likely N-dealkylation sites (tertiary alicyclic amines) is 1. The number of likely N-dealkylation sites (N-methyl/N-ethyl adjacent to an activating group) is 2. The Morgan fingerprint density at radius 3 is 2.72 bits per heavy atom. The van der Waals surface area contributed by atoms with Crippen LogP contribution >= 0.6 is 0 Å². The second-order valence-corrected chi connectivity index (χ2v) is 5.65. The molecule has 3 unspecified atom stereocenters. The van der Waals surface area contributed by atoms with Gasteiger partial charge in [0.25, 0.3) is 0 Å². The summed E-state index contributed by atoms with van der Waals surface area (Å²) in [5.41, 5.74) is 2.76. The lowest BCUT2D eigenvalue weighted by Crippen LogP contribution is -2.52. The van der Waals surface area contributed by atoms with Gasteiger partial charge in [-0.25, -0.2) is 0 Å². The molecular formula is C15H20N2O. The molecule has 0 spiro atoms. The van der Waals surface area contributed by atoms with Crippen molar-refractivity contribution in [1.29, 1.82) is 0 Å². The monoisotopic (exact) mass is 244 g/mol. The van der Waals surface area contributed by atoms with E-state index in [0.717, 1.165) is 13.0 Å². The summed E-state index contributed by atoms with van der Waals surface area (Å²) in [4.78, 5) is 16.3. The molecule has 2 aliphatic heterocycles. The van der Waals surface area contributed by atoms with Crippen LogP contribution in [-0.4, -0.2) is 43.4 Å². The molecule has 1 aromatic rings. The fraction of sp³-hybridized carbons (Fsp3) is 0.533. The van der Waals surface area contributed by atoms with Crippen molar-refractivity contribution < 1.29 is 4.79 Å². The van der Waals surface area contributed by atoms with Crippen molar-refractivity contribution in [2.24, 2.45) is 0 Å². The zero-order chi connectivity index (χ0) is 12.9. The molecule has 0 aliphatic carbocycles. The minimum absolute atomic E-state index is 0.0887. The Hall–Kier alpha value is -1.35. The van der Waals surface area contributed by atoms with Gasteiger partial charge in [0.05, 0.1) is 6.04 Å². The van der Waals surface area contributed by atoms with Gasteiger partial charge in [-0.15, -0.1) is 0 Å². The summed E-state index contributed by atoms with van der Waals surface area (Å²) in [5.74, 6) is 0.805. The molecule has 2 heterocycles. The van der Waals surface area contributed by atoms with Gasteiger partial charge in [0.1, 0.15) is 5.78 Å². The van der Waals surface area contributed by atoms with Crippen molar-refractivity contribution in [2.45, 2.75) is 31.3 Å². The Morgan fingerprint density at radius 2 is 2.00 bits per heavy atom. The van der Waals surface area contributed by atoms with Crippen LogP contribution < -0.4 is 4.90 Å². The molecule has 1 aromatic carbocycles. The minimum Gasteiger partial charge on any atom is -0.369 e. The van der Waals surface area contributed by atoms with Crippen molar-refractivity contribution in [1.82, 2.24) is 4.90 Å². The molecule has 1 fully saturated rings. The van der Waals surface area contributed by atoms with Crippen LogP contribution in [0, 0.1) is 0 Å². The van der Waals surface area contributed by atoms with Crippen LogP contribution in [0.2, 0.25) is 0 Å². The van der Waals surface area contributed by atoms with Gasteiger partial charge in [-0.3, -0.25) is 9.69 Å². The second-order valence-electron chi connectivity index (χ2n) is 5.65. The molecule has 0 saturated carbocycles. The van der Waals surface area contributed by atoms with Gasteiger partial charge in [0.2, 0.25) is 0 Å². The van der Waals surface area contributed by atoms with Gasteiger partial charge in [-0.2, -0.15) is 0 Å². The zero-order valence-electron chi connectivity index (χ0n) is 11.3. The van der Waals surface area contributed by atoms with Gasteiger partial charge in [0.15, 0.2) is 0 Å². The molecule has 18 heavy (non-hydrogen) atoms. The predicted octanol–water partition coefficient (Wildman–Crippen LogP) is 1.88. The van der Waals surface area contributed by atoms with E-state index in [1.807, 2.05) is 0 Å². The first-order valence-electron chi connectivity index (χ1n) is 6.62. The normalized spacial score (nSPS) is 31.1. The van der Waals surface area contributed by atoms with E-state index >= 15 is 0 Å².